The van der Waals surface area contributed by atoms with Crippen LogP contribution in [0.25, 0.3) is 22.4 Å². The number of pyridine rings is 2. The fraction of sp³-hybridized carbons (Fsp3) is 0.158. The number of rotatable bonds is 2. The monoisotopic (exact) mass is 272 g/mol. The number of benzene rings is 1. The highest BCUT2D eigenvalue weighted by molar-refractivity contribution is 5.74. The standard InChI is InChI=1S/C19H16N2/c1-2-6-14(7-3-1)19-12-17(15-8-5-11-20-13-15)16-9-4-10-18(16)21-19/h1-3,5-8,11-13H,4,9-10H2. The molecule has 0 spiro atoms. The Bertz CT molecular complexity index is 764. The zero-order valence-corrected chi connectivity index (χ0v) is 11.8. The first kappa shape index (κ1) is 12.3. The number of nitrogens with zero attached hydrogens (tertiary/aromatic N) is 2. The molecule has 0 saturated carbocycles. The van der Waals surface area contributed by atoms with Crippen LogP contribution in [0, 0.1) is 0 Å². The zero-order valence-electron chi connectivity index (χ0n) is 11.8. The van der Waals surface area contributed by atoms with Crippen LogP contribution >= 0.6 is 0 Å². The van der Waals surface area contributed by atoms with Crippen molar-refractivity contribution in [3.8, 4) is 22.4 Å². The van der Waals surface area contributed by atoms with Crippen molar-refractivity contribution < 1.29 is 0 Å². The van der Waals surface area contributed by atoms with E-state index in [0.717, 1.165) is 18.5 Å². The lowest BCUT2D eigenvalue weighted by Gasteiger charge is -2.11. The average molecular weight is 272 g/mol. The van der Waals surface area contributed by atoms with E-state index in [-0.39, 0.29) is 0 Å². The highest BCUT2D eigenvalue weighted by Crippen LogP contribution is 2.34. The zero-order chi connectivity index (χ0) is 14.1. The maximum absolute atomic E-state index is 4.89. The van der Waals surface area contributed by atoms with E-state index < -0.39 is 0 Å². The molecule has 0 saturated heterocycles. The van der Waals surface area contributed by atoms with Crippen LogP contribution in [-0.4, -0.2) is 9.97 Å². The summed E-state index contributed by atoms with van der Waals surface area (Å²) in [5.41, 5.74) is 7.39. The summed E-state index contributed by atoms with van der Waals surface area (Å²) in [7, 11) is 0. The van der Waals surface area contributed by atoms with Crippen LogP contribution in [0.1, 0.15) is 17.7 Å². The molecule has 0 atom stereocenters. The van der Waals surface area contributed by atoms with Gasteiger partial charge in [-0.25, -0.2) is 0 Å². The van der Waals surface area contributed by atoms with E-state index in [9.17, 15) is 0 Å². The summed E-state index contributed by atoms with van der Waals surface area (Å²) in [5, 5.41) is 0. The third-order valence-electron chi connectivity index (χ3n) is 4.09. The van der Waals surface area contributed by atoms with Crippen molar-refractivity contribution in [1.29, 1.82) is 0 Å². The Kier molecular flexibility index (Phi) is 3.00. The quantitative estimate of drug-likeness (QED) is 0.695. The largest absolute Gasteiger partial charge is 0.264 e. The maximum atomic E-state index is 4.89. The van der Waals surface area contributed by atoms with Crippen LogP contribution < -0.4 is 0 Å². The molecule has 1 aliphatic rings. The van der Waals surface area contributed by atoms with Crippen LogP contribution in [0.3, 0.4) is 0 Å². The SMILES string of the molecule is c1ccc(-c2cc(-c3cccnc3)c3c(n2)CCC3)cc1. The molecule has 0 unspecified atom stereocenters. The summed E-state index contributed by atoms with van der Waals surface area (Å²) in [6.45, 7) is 0. The topological polar surface area (TPSA) is 25.8 Å². The van der Waals surface area contributed by atoms with Gasteiger partial charge in [-0.1, -0.05) is 36.4 Å². The summed E-state index contributed by atoms with van der Waals surface area (Å²) in [6, 6.07) is 16.8. The van der Waals surface area contributed by atoms with Crippen LogP contribution in [0.4, 0.5) is 0 Å². The van der Waals surface area contributed by atoms with Crippen molar-refractivity contribution in [3.05, 3.63) is 72.2 Å². The van der Waals surface area contributed by atoms with Crippen LogP contribution in [0.15, 0.2) is 60.9 Å². The third-order valence-corrected chi connectivity index (χ3v) is 4.09. The molecule has 4 rings (SSSR count). The number of hydrogen-bond donors (Lipinski definition) is 0. The third kappa shape index (κ3) is 2.23. The van der Waals surface area contributed by atoms with Crippen molar-refractivity contribution in [2.24, 2.45) is 0 Å². The van der Waals surface area contributed by atoms with Crippen molar-refractivity contribution in [2.75, 3.05) is 0 Å². The highest BCUT2D eigenvalue weighted by Gasteiger charge is 2.19. The normalized spacial score (nSPS) is 13.1. The van der Waals surface area contributed by atoms with E-state index in [0.29, 0.717) is 0 Å². The number of aryl methyl sites for hydroxylation is 1. The van der Waals surface area contributed by atoms with Crippen molar-refractivity contribution in [3.63, 3.8) is 0 Å². The lowest BCUT2D eigenvalue weighted by molar-refractivity contribution is 0.900. The van der Waals surface area contributed by atoms with Gasteiger partial charge in [-0.15, -0.1) is 0 Å². The predicted molar refractivity (Wildman–Crippen MR) is 84.9 cm³/mol. The Morgan fingerprint density at radius 3 is 2.52 bits per heavy atom. The highest BCUT2D eigenvalue weighted by atomic mass is 14.7. The van der Waals surface area contributed by atoms with Gasteiger partial charge >= 0.3 is 0 Å². The lowest BCUT2D eigenvalue weighted by atomic mass is 9.98. The van der Waals surface area contributed by atoms with Gasteiger partial charge in [0.25, 0.3) is 0 Å². The summed E-state index contributed by atoms with van der Waals surface area (Å²) < 4.78 is 0. The lowest BCUT2D eigenvalue weighted by Crippen LogP contribution is -1.96. The molecule has 0 N–H and O–H groups in total. The van der Waals surface area contributed by atoms with Gasteiger partial charge in [0.15, 0.2) is 0 Å². The molecule has 2 nitrogen and oxygen atoms in total. The van der Waals surface area contributed by atoms with Gasteiger partial charge in [-0.05, 0) is 42.5 Å². The van der Waals surface area contributed by atoms with Gasteiger partial charge < -0.3 is 0 Å². The summed E-state index contributed by atoms with van der Waals surface area (Å²) >= 11 is 0. The minimum absolute atomic E-state index is 1.06. The number of fused-ring (bicyclic) bond motifs is 1. The molecule has 0 radical (unpaired) electrons. The average Bonchev–Trinajstić information content (AvgIpc) is 3.04. The van der Waals surface area contributed by atoms with E-state index in [2.05, 4.69) is 41.4 Å². The minimum Gasteiger partial charge on any atom is -0.264 e. The van der Waals surface area contributed by atoms with Gasteiger partial charge in [0, 0.05) is 29.2 Å². The molecule has 1 aromatic carbocycles. The van der Waals surface area contributed by atoms with Crippen LogP contribution in [0.5, 0.6) is 0 Å². The first-order valence-corrected chi connectivity index (χ1v) is 7.40. The Morgan fingerprint density at radius 2 is 1.71 bits per heavy atom. The first-order chi connectivity index (χ1) is 10.4. The van der Waals surface area contributed by atoms with Gasteiger partial charge in [0.1, 0.15) is 0 Å². The number of aromatic nitrogens is 2. The Hall–Kier alpha value is -2.48. The Labute approximate surface area is 124 Å². The molecule has 21 heavy (non-hydrogen) atoms. The Morgan fingerprint density at radius 1 is 0.857 bits per heavy atom. The Balaban J connectivity index is 1.92. The second-order valence-electron chi connectivity index (χ2n) is 5.44. The molecule has 1 aliphatic carbocycles. The van der Waals surface area contributed by atoms with Gasteiger partial charge in [0.05, 0.1) is 5.69 Å². The molecule has 3 aromatic rings. The van der Waals surface area contributed by atoms with Crippen molar-refractivity contribution >= 4 is 0 Å². The fourth-order valence-corrected chi connectivity index (χ4v) is 3.08. The van der Waals surface area contributed by atoms with Gasteiger partial charge in [0.2, 0.25) is 0 Å². The van der Waals surface area contributed by atoms with E-state index >= 15 is 0 Å². The summed E-state index contributed by atoms with van der Waals surface area (Å²) in [4.78, 5) is 9.16. The molecule has 102 valence electrons. The second kappa shape index (κ2) is 5.13. The first-order valence-electron chi connectivity index (χ1n) is 7.40. The smallest absolute Gasteiger partial charge is 0.0711 e. The molecule has 0 fully saturated rings. The van der Waals surface area contributed by atoms with Crippen LogP contribution in [-0.2, 0) is 12.8 Å². The molecule has 2 heteroatoms. The fourth-order valence-electron chi connectivity index (χ4n) is 3.08. The van der Waals surface area contributed by atoms with E-state index in [1.54, 1.807) is 0 Å². The maximum Gasteiger partial charge on any atom is 0.0711 e. The molecule has 0 aliphatic heterocycles. The molecule has 0 bridgehead atoms. The second-order valence-corrected chi connectivity index (χ2v) is 5.44. The summed E-state index contributed by atoms with van der Waals surface area (Å²) in [6.07, 6.45) is 7.18. The van der Waals surface area contributed by atoms with Crippen molar-refractivity contribution in [1.82, 2.24) is 9.97 Å². The molecular formula is C19H16N2. The van der Waals surface area contributed by atoms with Gasteiger partial charge in [-0.2, -0.15) is 0 Å². The molecule has 0 amide bonds. The van der Waals surface area contributed by atoms with Crippen molar-refractivity contribution in [2.45, 2.75) is 19.3 Å². The van der Waals surface area contributed by atoms with Gasteiger partial charge in [-0.3, -0.25) is 9.97 Å². The predicted octanol–water partition coefficient (Wildman–Crippen LogP) is 4.30. The van der Waals surface area contributed by atoms with E-state index in [4.69, 9.17) is 4.98 Å². The van der Waals surface area contributed by atoms with E-state index in [1.807, 2.05) is 24.5 Å². The minimum atomic E-state index is 1.06. The van der Waals surface area contributed by atoms with Crippen LogP contribution in [0.2, 0.25) is 0 Å². The molecule has 2 heterocycles. The molecular weight excluding hydrogens is 256 g/mol. The number of hydrogen-bond acceptors (Lipinski definition) is 2. The molecule has 2 aromatic heterocycles. The van der Waals surface area contributed by atoms with E-state index in [1.165, 1.54) is 34.4 Å². The summed E-state index contributed by atoms with van der Waals surface area (Å²) in [5.74, 6) is 0.